The monoisotopic (exact) mass is 329 g/mol. The Bertz CT molecular complexity index is 723. The molecule has 5 nitrogen and oxygen atoms in total. The summed E-state index contributed by atoms with van der Waals surface area (Å²) in [5.41, 5.74) is 7.32. The number of aromatic nitrogens is 1. The minimum absolute atomic E-state index is 0.177. The molecule has 6 heteroatoms. The molecule has 24 heavy (non-hydrogen) atoms. The minimum atomic E-state index is -1.00. The summed E-state index contributed by atoms with van der Waals surface area (Å²) in [5, 5.41) is 0. The van der Waals surface area contributed by atoms with Gasteiger partial charge in [-0.05, 0) is 36.2 Å². The van der Waals surface area contributed by atoms with Gasteiger partial charge in [0.15, 0.2) is 0 Å². The lowest BCUT2D eigenvalue weighted by Crippen LogP contribution is -2.39. The molecule has 0 spiro atoms. The number of nitrogens with two attached hydrogens (primary N) is 1. The minimum Gasteiger partial charge on any atom is -0.455 e. The average molecular weight is 329 g/mol. The first-order valence-electron chi connectivity index (χ1n) is 7.88. The number of primary amides is 1. The maximum atomic E-state index is 13.6. The fourth-order valence-corrected chi connectivity index (χ4v) is 3.01. The number of carbonyl (C=O) groups is 1. The fraction of sp³-hybridized carbons (Fsp3) is 0.333. The molecule has 2 atom stereocenters. The number of carbonyl (C=O) groups excluding carboxylic acids is 1. The Morgan fingerprint density at radius 1 is 1.46 bits per heavy atom. The second-order valence-corrected chi connectivity index (χ2v) is 6.07. The molecular weight excluding hydrogens is 309 g/mol. The number of likely N-dealkylation sites (tertiary alicyclic amines) is 1. The average Bonchev–Trinajstić information content (AvgIpc) is 2.92. The van der Waals surface area contributed by atoms with Crippen molar-refractivity contribution in [3.63, 3.8) is 0 Å². The van der Waals surface area contributed by atoms with Gasteiger partial charge in [-0.3, -0.25) is 14.7 Å². The highest BCUT2D eigenvalue weighted by Crippen LogP contribution is 2.27. The molecule has 1 aliphatic heterocycles. The molecule has 0 unspecified atom stereocenters. The van der Waals surface area contributed by atoms with E-state index >= 15 is 0 Å². The van der Waals surface area contributed by atoms with E-state index in [0.29, 0.717) is 12.3 Å². The largest absolute Gasteiger partial charge is 0.455 e. The first-order chi connectivity index (χ1) is 11.5. The highest BCUT2D eigenvalue weighted by molar-refractivity contribution is 5.80. The number of nitrogens with zero attached hydrogens (tertiary/aromatic N) is 2. The van der Waals surface area contributed by atoms with Crippen LogP contribution >= 0.6 is 0 Å². The summed E-state index contributed by atoms with van der Waals surface area (Å²) in [4.78, 5) is 17.3. The lowest BCUT2D eigenvalue weighted by Gasteiger charge is -2.21. The number of hydrogen-bond donors (Lipinski definition) is 1. The van der Waals surface area contributed by atoms with Gasteiger partial charge < -0.3 is 10.5 Å². The van der Waals surface area contributed by atoms with E-state index < -0.39 is 18.1 Å². The number of aryl methyl sites for hydroxylation is 1. The number of benzene rings is 1. The van der Waals surface area contributed by atoms with Crippen molar-refractivity contribution in [3.8, 4) is 11.5 Å². The van der Waals surface area contributed by atoms with Crippen molar-refractivity contribution in [3.05, 3.63) is 53.9 Å². The first kappa shape index (κ1) is 16.4. The van der Waals surface area contributed by atoms with Crippen molar-refractivity contribution in [2.75, 3.05) is 6.54 Å². The number of pyridine rings is 1. The zero-order valence-corrected chi connectivity index (χ0v) is 13.5. The van der Waals surface area contributed by atoms with Gasteiger partial charge in [-0.15, -0.1) is 0 Å². The SMILES string of the molecule is Cc1cc(CN2C[C@H](F)C[C@H]2C(N)=O)ccc1Oc1cccnc1. The number of amides is 1. The van der Waals surface area contributed by atoms with Crippen LogP contribution in [0.5, 0.6) is 11.5 Å². The van der Waals surface area contributed by atoms with E-state index in [-0.39, 0.29) is 13.0 Å². The predicted molar refractivity (Wildman–Crippen MR) is 88.4 cm³/mol. The van der Waals surface area contributed by atoms with Crippen LogP contribution in [-0.4, -0.2) is 34.5 Å². The van der Waals surface area contributed by atoms with Gasteiger partial charge in [-0.1, -0.05) is 12.1 Å². The third kappa shape index (κ3) is 3.71. The highest BCUT2D eigenvalue weighted by Gasteiger charge is 2.35. The third-order valence-corrected chi connectivity index (χ3v) is 4.17. The van der Waals surface area contributed by atoms with Crippen LogP contribution in [0.2, 0.25) is 0 Å². The zero-order valence-electron chi connectivity index (χ0n) is 13.5. The zero-order chi connectivity index (χ0) is 17.1. The van der Waals surface area contributed by atoms with Crippen LogP contribution in [-0.2, 0) is 11.3 Å². The van der Waals surface area contributed by atoms with Crippen molar-refractivity contribution in [2.24, 2.45) is 5.73 Å². The maximum absolute atomic E-state index is 13.6. The van der Waals surface area contributed by atoms with E-state index in [2.05, 4.69) is 4.98 Å². The fourth-order valence-electron chi connectivity index (χ4n) is 3.01. The van der Waals surface area contributed by atoms with Gasteiger partial charge in [0.25, 0.3) is 0 Å². The lowest BCUT2D eigenvalue weighted by molar-refractivity contribution is -0.122. The topological polar surface area (TPSA) is 68.5 Å². The Labute approximate surface area is 140 Å². The Balaban J connectivity index is 1.72. The lowest BCUT2D eigenvalue weighted by atomic mass is 10.1. The van der Waals surface area contributed by atoms with Crippen molar-refractivity contribution in [1.82, 2.24) is 9.88 Å². The van der Waals surface area contributed by atoms with Gasteiger partial charge in [-0.25, -0.2) is 4.39 Å². The molecule has 2 N–H and O–H groups in total. The molecule has 1 saturated heterocycles. The van der Waals surface area contributed by atoms with Crippen molar-refractivity contribution < 1.29 is 13.9 Å². The van der Waals surface area contributed by atoms with Crippen molar-refractivity contribution >= 4 is 5.91 Å². The van der Waals surface area contributed by atoms with Crippen molar-refractivity contribution in [2.45, 2.75) is 32.1 Å². The van der Waals surface area contributed by atoms with Gasteiger partial charge in [0.1, 0.15) is 17.7 Å². The van der Waals surface area contributed by atoms with Gasteiger partial charge in [0.05, 0.1) is 12.2 Å². The Hall–Kier alpha value is -2.47. The van der Waals surface area contributed by atoms with Crippen LogP contribution in [0.1, 0.15) is 17.5 Å². The standard InChI is InChI=1S/C18H20FN3O2/c1-12-7-13(10-22-11-14(19)8-16(22)18(20)23)4-5-17(12)24-15-3-2-6-21-9-15/h2-7,9,14,16H,8,10-11H2,1H3,(H2,20,23)/t14-,16+/m1/s1. The summed E-state index contributed by atoms with van der Waals surface area (Å²) >= 11 is 0. The molecule has 1 aliphatic rings. The summed E-state index contributed by atoms with van der Waals surface area (Å²) in [6, 6.07) is 8.89. The van der Waals surface area contributed by atoms with E-state index in [9.17, 15) is 9.18 Å². The summed E-state index contributed by atoms with van der Waals surface area (Å²) in [7, 11) is 0. The summed E-state index contributed by atoms with van der Waals surface area (Å²) in [5.74, 6) is 0.938. The molecule has 0 aliphatic carbocycles. The molecule has 126 valence electrons. The van der Waals surface area contributed by atoms with Crippen LogP contribution < -0.4 is 10.5 Å². The quantitative estimate of drug-likeness (QED) is 0.915. The normalized spacial score (nSPS) is 20.9. The molecule has 0 saturated carbocycles. The van der Waals surface area contributed by atoms with Crippen LogP contribution in [0.15, 0.2) is 42.7 Å². The summed E-state index contributed by atoms with van der Waals surface area (Å²) in [6.07, 6.45) is 2.51. The third-order valence-electron chi connectivity index (χ3n) is 4.17. The summed E-state index contributed by atoms with van der Waals surface area (Å²) < 4.78 is 19.4. The number of hydrogen-bond acceptors (Lipinski definition) is 4. The molecule has 3 rings (SSSR count). The van der Waals surface area contributed by atoms with Crippen LogP contribution in [0.25, 0.3) is 0 Å². The smallest absolute Gasteiger partial charge is 0.234 e. The number of halogens is 1. The number of ether oxygens (including phenoxy) is 1. The number of alkyl halides is 1. The predicted octanol–water partition coefficient (Wildman–Crippen LogP) is 2.58. The molecule has 1 aromatic heterocycles. The van der Waals surface area contributed by atoms with Crippen LogP contribution in [0.4, 0.5) is 4.39 Å². The van der Waals surface area contributed by atoms with Crippen LogP contribution in [0, 0.1) is 6.92 Å². The molecule has 0 bridgehead atoms. The Morgan fingerprint density at radius 3 is 2.96 bits per heavy atom. The Kier molecular flexibility index (Phi) is 4.76. The van der Waals surface area contributed by atoms with Gasteiger partial charge in [-0.2, -0.15) is 0 Å². The van der Waals surface area contributed by atoms with Gasteiger partial charge in [0.2, 0.25) is 5.91 Å². The van der Waals surface area contributed by atoms with E-state index in [1.165, 1.54) is 0 Å². The first-order valence-corrected chi connectivity index (χ1v) is 7.88. The molecule has 2 aromatic rings. The molecule has 1 amide bonds. The van der Waals surface area contributed by atoms with Crippen LogP contribution in [0.3, 0.4) is 0 Å². The van der Waals surface area contributed by atoms with E-state index in [1.54, 1.807) is 17.3 Å². The van der Waals surface area contributed by atoms with E-state index in [0.717, 1.165) is 16.9 Å². The maximum Gasteiger partial charge on any atom is 0.234 e. The highest BCUT2D eigenvalue weighted by atomic mass is 19.1. The summed E-state index contributed by atoms with van der Waals surface area (Å²) in [6.45, 7) is 2.67. The Morgan fingerprint density at radius 2 is 2.29 bits per heavy atom. The second kappa shape index (κ2) is 6.97. The van der Waals surface area contributed by atoms with E-state index in [1.807, 2.05) is 37.3 Å². The molecule has 1 aromatic carbocycles. The molecule has 0 radical (unpaired) electrons. The van der Waals surface area contributed by atoms with Gasteiger partial charge in [0, 0.05) is 25.7 Å². The van der Waals surface area contributed by atoms with Gasteiger partial charge >= 0.3 is 0 Å². The number of rotatable bonds is 5. The van der Waals surface area contributed by atoms with Crippen molar-refractivity contribution in [1.29, 1.82) is 0 Å². The molecule has 1 fully saturated rings. The molecule has 2 heterocycles. The molecular formula is C18H20FN3O2. The van der Waals surface area contributed by atoms with E-state index in [4.69, 9.17) is 10.5 Å². The second-order valence-electron chi connectivity index (χ2n) is 6.07.